The smallest absolute Gasteiger partial charge is 0.0615 e. The fourth-order valence-corrected chi connectivity index (χ4v) is 2.32. The third-order valence-corrected chi connectivity index (χ3v) is 3.83. The third kappa shape index (κ3) is 8.20. The van der Waals surface area contributed by atoms with Crippen LogP contribution in [0.3, 0.4) is 0 Å². The Morgan fingerprint density at radius 2 is 1.65 bits per heavy atom. The molecule has 4 heteroatoms. The molecule has 4 nitrogen and oxygen atoms in total. The highest BCUT2D eigenvalue weighted by atomic mass is 16.5. The van der Waals surface area contributed by atoms with Crippen LogP contribution in [-0.2, 0) is 9.47 Å². The minimum atomic E-state index is 0.170. The summed E-state index contributed by atoms with van der Waals surface area (Å²) in [4.78, 5) is 2.49. The molecule has 3 unspecified atom stereocenters. The van der Waals surface area contributed by atoms with E-state index in [9.17, 15) is 0 Å². The van der Waals surface area contributed by atoms with Crippen LogP contribution in [0.2, 0.25) is 0 Å². The zero-order valence-corrected chi connectivity index (χ0v) is 14.8. The van der Waals surface area contributed by atoms with Crippen LogP contribution in [0.4, 0.5) is 0 Å². The second-order valence-corrected chi connectivity index (χ2v) is 6.88. The van der Waals surface area contributed by atoms with E-state index in [-0.39, 0.29) is 5.54 Å². The molecule has 1 N–H and O–H groups in total. The number of methoxy groups -OCH3 is 2. The van der Waals surface area contributed by atoms with Crippen LogP contribution in [0, 0.1) is 5.92 Å². The highest BCUT2D eigenvalue weighted by molar-refractivity contribution is 4.81. The minimum Gasteiger partial charge on any atom is -0.383 e. The molecule has 0 bridgehead atoms. The van der Waals surface area contributed by atoms with Gasteiger partial charge in [-0.3, -0.25) is 4.90 Å². The predicted molar refractivity (Wildman–Crippen MR) is 86.3 cm³/mol. The summed E-state index contributed by atoms with van der Waals surface area (Å²) in [5.41, 5.74) is 0.170. The first-order valence-corrected chi connectivity index (χ1v) is 7.71. The second kappa shape index (κ2) is 9.72. The Bertz CT molecular complexity index is 241. The summed E-state index contributed by atoms with van der Waals surface area (Å²) in [6, 6.07) is 0.896. The van der Waals surface area contributed by atoms with Gasteiger partial charge in [0.05, 0.1) is 13.2 Å². The van der Waals surface area contributed by atoms with Gasteiger partial charge in [-0.05, 0) is 47.1 Å². The normalized spacial score (nSPS) is 17.2. The van der Waals surface area contributed by atoms with Crippen molar-refractivity contribution in [1.82, 2.24) is 10.2 Å². The molecule has 0 amide bonds. The van der Waals surface area contributed by atoms with Gasteiger partial charge in [-0.2, -0.15) is 0 Å². The summed E-state index contributed by atoms with van der Waals surface area (Å²) in [5, 5.41) is 3.60. The molecule has 20 heavy (non-hydrogen) atoms. The third-order valence-electron chi connectivity index (χ3n) is 3.83. The van der Waals surface area contributed by atoms with E-state index < -0.39 is 0 Å². The number of hydrogen-bond donors (Lipinski definition) is 1. The van der Waals surface area contributed by atoms with E-state index in [4.69, 9.17) is 9.47 Å². The summed E-state index contributed by atoms with van der Waals surface area (Å²) in [5.74, 6) is 0.574. The van der Waals surface area contributed by atoms with E-state index in [1.807, 2.05) is 0 Å². The lowest BCUT2D eigenvalue weighted by Crippen LogP contribution is -2.50. The first-order chi connectivity index (χ1) is 9.22. The largest absolute Gasteiger partial charge is 0.383 e. The molecular formula is C16H36N2O2. The zero-order chi connectivity index (χ0) is 15.8. The quantitative estimate of drug-likeness (QED) is 0.669. The van der Waals surface area contributed by atoms with Crippen molar-refractivity contribution in [1.29, 1.82) is 0 Å². The van der Waals surface area contributed by atoms with Crippen molar-refractivity contribution < 1.29 is 9.47 Å². The van der Waals surface area contributed by atoms with Crippen molar-refractivity contribution in [2.45, 2.75) is 59.2 Å². The Kier molecular flexibility index (Phi) is 9.64. The van der Waals surface area contributed by atoms with E-state index in [0.717, 1.165) is 26.3 Å². The second-order valence-electron chi connectivity index (χ2n) is 6.88. The molecular weight excluding hydrogens is 252 g/mol. The van der Waals surface area contributed by atoms with Gasteiger partial charge in [0.25, 0.3) is 0 Å². The van der Waals surface area contributed by atoms with Crippen molar-refractivity contribution in [2.75, 3.05) is 40.5 Å². The van der Waals surface area contributed by atoms with Crippen molar-refractivity contribution in [3.8, 4) is 0 Å². The predicted octanol–water partition coefficient (Wildman–Crippen LogP) is 2.38. The first kappa shape index (κ1) is 19.8. The maximum atomic E-state index is 5.31. The molecule has 0 aliphatic heterocycles. The lowest BCUT2D eigenvalue weighted by molar-refractivity contribution is 0.0354. The van der Waals surface area contributed by atoms with Crippen LogP contribution >= 0.6 is 0 Å². The fourth-order valence-electron chi connectivity index (χ4n) is 2.32. The molecule has 0 spiro atoms. The molecule has 0 rings (SSSR count). The van der Waals surface area contributed by atoms with Crippen molar-refractivity contribution in [3.05, 3.63) is 0 Å². The minimum absolute atomic E-state index is 0.170. The molecule has 0 aromatic heterocycles. The van der Waals surface area contributed by atoms with Gasteiger partial charge >= 0.3 is 0 Å². The van der Waals surface area contributed by atoms with E-state index in [1.54, 1.807) is 14.2 Å². The van der Waals surface area contributed by atoms with E-state index >= 15 is 0 Å². The molecule has 3 atom stereocenters. The topological polar surface area (TPSA) is 33.7 Å². The van der Waals surface area contributed by atoms with Crippen LogP contribution in [0.5, 0.6) is 0 Å². The van der Waals surface area contributed by atoms with Gasteiger partial charge in [0, 0.05) is 38.4 Å². The summed E-state index contributed by atoms with van der Waals surface area (Å²) in [6.07, 6.45) is 0. The summed E-state index contributed by atoms with van der Waals surface area (Å²) in [6.45, 7) is 16.9. The van der Waals surface area contributed by atoms with E-state index in [0.29, 0.717) is 18.0 Å². The molecule has 0 aliphatic carbocycles. The number of nitrogens with one attached hydrogen (secondary N) is 1. The van der Waals surface area contributed by atoms with Gasteiger partial charge in [0.15, 0.2) is 0 Å². The van der Waals surface area contributed by atoms with Crippen molar-refractivity contribution >= 4 is 0 Å². The average Bonchev–Trinajstić information content (AvgIpc) is 2.35. The summed E-state index contributed by atoms with van der Waals surface area (Å²) < 4.78 is 10.6. The molecule has 0 aromatic carbocycles. The maximum absolute atomic E-state index is 5.31. The van der Waals surface area contributed by atoms with E-state index in [1.165, 1.54) is 0 Å². The first-order valence-electron chi connectivity index (χ1n) is 7.71. The van der Waals surface area contributed by atoms with Crippen LogP contribution in [0.1, 0.15) is 41.5 Å². The standard InChI is InChI=1S/C16H36N2O2/c1-13(11-17-16(4,5)6)15(3)18(9-10-19-7)14(2)12-20-8/h13-15,17H,9-12H2,1-8H3. The number of nitrogens with zero attached hydrogens (tertiary/aromatic N) is 1. The average molecular weight is 288 g/mol. The Balaban J connectivity index is 4.53. The molecule has 0 saturated carbocycles. The van der Waals surface area contributed by atoms with Gasteiger partial charge in [-0.25, -0.2) is 0 Å². The molecule has 0 aromatic rings. The van der Waals surface area contributed by atoms with Gasteiger partial charge in [-0.15, -0.1) is 0 Å². The molecule has 0 saturated heterocycles. The van der Waals surface area contributed by atoms with Crippen LogP contribution in [-0.4, -0.2) is 63.0 Å². The van der Waals surface area contributed by atoms with Gasteiger partial charge in [0.2, 0.25) is 0 Å². The van der Waals surface area contributed by atoms with E-state index in [2.05, 4.69) is 51.8 Å². The van der Waals surface area contributed by atoms with Gasteiger partial charge in [-0.1, -0.05) is 6.92 Å². The Morgan fingerprint density at radius 1 is 1.05 bits per heavy atom. The Labute approximate surface area is 126 Å². The number of hydrogen-bond acceptors (Lipinski definition) is 4. The highest BCUT2D eigenvalue weighted by Crippen LogP contribution is 2.15. The molecule has 122 valence electrons. The van der Waals surface area contributed by atoms with Gasteiger partial charge in [0.1, 0.15) is 0 Å². The Hall–Kier alpha value is -0.160. The SMILES string of the molecule is COCCN(C(C)COC)C(C)C(C)CNC(C)(C)C. The fraction of sp³-hybridized carbons (Fsp3) is 1.00. The van der Waals surface area contributed by atoms with Gasteiger partial charge < -0.3 is 14.8 Å². The zero-order valence-electron chi connectivity index (χ0n) is 14.8. The summed E-state index contributed by atoms with van der Waals surface area (Å²) in [7, 11) is 3.52. The maximum Gasteiger partial charge on any atom is 0.0615 e. The molecule has 0 radical (unpaired) electrons. The van der Waals surface area contributed by atoms with Crippen LogP contribution in [0.25, 0.3) is 0 Å². The van der Waals surface area contributed by atoms with Crippen LogP contribution in [0.15, 0.2) is 0 Å². The number of ether oxygens (including phenoxy) is 2. The molecule has 0 aliphatic rings. The number of rotatable bonds is 10. The monoisotopic (exact) mass is 288 g/mol. The lowest BCUT2D eigenvalue weighted by atomic mass is 9.98. The molecule has 0 fully saturated rings. The lowest BCUT2D eigenvalue weighted by Gasteiger charge is -2.38. The van der Waals surface area contributed by atoms with Crippen LogP contribution < -0.4 is 5.32 Å². The highest BCUT2D eigenvalue weighted by Gasteiger charge is 2.25. The van der Waals surface area contributed by atoms with Crippen molar-refractivity contribution in [3.63, 3.8) is 0 Å². The van der Waals surface area contributed by atoms with Crippen molar-refractivity contribution in [2.24, 2.45) is 5.92 Å². The Morgan fingerprint density at radius 3 is 2.10 bits per heavy atom. The molecule has 0 heterocycles. The summed E-state index contributed by atoms with van der Waals surface area (Å²) >= 11 is 0.